The lowest BCUT2D eigenvalue weighted by Crippen LogP contribution is -2.26. The molecule has 0 bridgehead atoms. The number of nitrogens with two attached hydrogens (primary N) is 1. The SMILES string of the molecule is Cc1cc(Br)cc(C(=O)N(C)c2ccc(N)cc2)c1. The van der Waals surface area contributed by atoms with Crippen molar-refractivity contribution in [3.8, 4) is 0 Å². The van der Waals surface area contributed by atoms with E-state index in [-0.39, 0.29) is 5.91 Å². The van der Waals surface area contributed by atoms with E-state index >= 15 is 0 Å². The summed E-state index contributed by atoms with van der Waals surface area (Å²) in [7, 11) is 1.75. The van der Waals surface area contributed by atoms with Crippen molar-refractivity contribution in [3.05, 3.63) is 58.1 Å². The molecule has 0 saturated carbocycles. The largest absolute Gasteiger partial charge is 0.399 e. The molecule has 1 amide bonds. The second-order valence-corrected chi connectivity index (χ2v) is 5.39. The number of carbonyl (C=O) groups excluding carboxylic acids is 1. The van der Waals surface area contributed by atoms with Gasteiger partial charge in [-0.2, -0.15) is 0 Å². The first-order chi connectivity index (χ1) is 8.97. The summed E-state index contributed by atoms with van der Waals surface area (Å²) in [5, 5.41) is 0. The first kappa shape index (κ1) is 13.6. The standard InChI is InChI=1S/C15H15BrN2O/c1-10-7-11(9-12(16)8-10)15(19)18(2)14-5-3-13(17)4-6-14/h3-9H,17H2,1-2H3. The number of benzene rings is 2. The van der Waals surface area contributed by atoms with Gasteiger partial charge in [0, 0.05) is 28.5 Å². The van der Waals surface area contributed by atoms with Gasteiger partial charge in [-0.15, -0.1) is 0 Å². The lowest BCUT2D eigenvalue weighted by Gasteiger charge is -2.18. The molecule has 0 spiro atoms. The van der Waals surface area contributed by atoms with Crippen LogP contribution in [0.15, 0.2) is 46.9 Å². The first-order valence-electron chi connectivity index (χ1n) is 5.88. The van der Waals surface area contributed by atoms with Crippen molar-refractivity contribution < 1.29 is 4.79 Å². The van der Waals surface area contributed by atoms with Crippen LogP contribution in [0.2, 0.25) is 0 Å². The van der Waals surface area contributed by atoms with Crippen molar-refractivity contribution in [2.75, 3.05) is 17.7 Å². The highest BCUT2D eigenvalue weighted by molar-refractivity contribution is 9.10. The summed E-state index contributed by atoms with van der Waals surface area (Å²) in [5.41, 5.74) is 8.85. The molecule has 2 N–H and O–H groups in total. The normalized spacial score (nSPS) is 10.3. The van der Waals surface area contributed by atoms with Gasteiger partial charge in [0.15, 0.2) is 0 Å². The van der Waals surface area contributed by atoms with E-state index in [4.69, 9.17) is 5.73 Å². The third-order valence-corrected chi connectivity index (χ3v) is 3.33. The van der Waals surface area contributed by atoms with Crippen LogP contribution in [0.25, 0.3) is 0 Å². The molecule has 0 unspecified atom stereocenters. The molecule has 98 valence electrons. The number of amides is 1. The summed E-state index contributed by atoms with van der Waals surface area (Å²) in [6.07, 6.45) is 0. The lowest BCUT2D eigenvalue weighted by molar-refractivity contribution is 0.0993. The third kappa shape index (κ3) is 3.15. The number of rotatable bonds is 2. The fourth-order valence-corrected chi connectivity index (χ4v) is 2.48. The van der Waals surface area contributed by atoms with Crippen LogP contribution in [0.4, 0.5) is 11.4 Å². The summed E-state index contributed by atoms with van der Waals surface area (Å²) in [6, 6.07) is 12.9. The molecular weight excluding hydrogens is 304 g/mol. The quantitative estimate of drug-likeness (QED) is 0.860. The smallest absolute Gasteiger partial charge is 0.258 e. The van der Waals surface area contributed by atoms with Crippen molar-refractivity contribution in [1.29, 1.82) is 0 Å². The van der Waals surface area contributed by atoms with E-state index in [1.165, 1.54) is 0 Å². The van der Waals surface area contributed by atoms with Gasteiger partial charge in [-0.1, -0.05) is 15.9 Å². The van der Waals surface area contributed by atoms with Crippen LogP contribution in [0.3, 0.4) is 0 Å². The summed E-state index contributed by atoms with van der Waals surface area (Å²) in [6.45, 7) is 1.96. The van der Waals surface area contributed by atoms with Gasteiger partial charge in [-0.25, -0.2) is 0 Å². The van der Waals surface area contributed by atoms with Crippen molar-refractivity contribution in [2.24, 2.45) is 0 Å². The maximum absolute atomic E-state index is 12.4. The fraction of sp³-hybridized carbons (Fsp3) is 0.133. The summed E-state index contributed by atoms with van der Waals surface area (Å²) >= 11 is 3.41. The molecule has 0 heterocycles. The van der Waals surface area contributed by atoms with E-state index in [9.17, 15) is 4.79 Å². The van der Waals surface area contributed by atoms with Gasteiger partial charge in [-0.05, 0) is 55.0 Å². The molecule has 2 rings (SSSR count). The van der Waals surface area contributed by atoms with E-state index < -0.39 is 0 Å². The van der Waals surface area contributed by atoms with Crippen molar-refractivity contribution in [1.82, 2.24) is 0 Å². The Labute approximate surface area is 121 Å². The van der Waals surface area contributed by atoms with E-state index in [2.05, 4.69) is 15.9 Å². The van der Waals surface area contributed by atoms with Crippen LogP contribution in [0, 0.1) is 6.92 Å². The fourth-order valence-electron chi connectivity index (χ4n) is 1.87. The highest BCUT2D eigenvalue weighted by atomic mass is 79.9. The molecule has 0 aliphatic rings. The van der Waals surface area contributed by atoms with Crippen LogP contribution in [0.1, 0.15) is 15.9 Å². The van der Waals surface area contributed by atoms with Crippen LogP contribution in [0.5, 0.6) is 0 Å². The molecule has 0 radical (unpaired) electrons. The van der Waals surface area contributed by atoms with Crippen molar-refractivity contribution >= 4 is 33.2 Å². The number of aryl methyl sites for hydroxylation is 1. The van der Waals surface area contributed by atoms with Crippen LogP contribution < -0.4 is 10.6 Å². The topological polar surface area (TPSA) is 46.3 Å². The average Bonchev–Trinajstić information content (AvgIpc) is 2.37. The number of anilines is 2. The van der Waals surface area contributed by atoms with E-state index in [0.717, 1.165) is 15.7 Å². The van der Waals surface area contributed by atoms with E-state index in [1.807, 2.05) is 37.3 Å². The van der Waals surface area contributed by atoms with E-state index in [0.29, 0.717) is 11.3 Å². The van der Waals surface area contributed by atoms with Crippen molar-refractivity contribution in [3.63, 3.8) is 0 Å². The molecule has 0 aliphatic carbocycles. The molecule has 4 heteroatoms. The number of hydrogen-bond acceptors (Lipinski definition) is 2. The molecule has 0 saturated heterocycles. The maximum Gasteiger partial charge on any atom is 0.258 e. The Bertz CT molecular complexity index is 588. The summed E-state index contributed by atoms with van der Waals surface area (Å²) < 4.78 is 0.904. The number of hydrogen-bond donors (Lipinski definition) is 1. The average molecular weight is 319 g/mol. The summed E-state index contributed by atoms with van der Waals surface area (Å²) in [5.74, 6) is -0.0471. The zero-order valence-corrected chi connectivity index (χ0v) is 12.4. The molecule has 0 aliphatic heterocycles. The number of nitrogens with zero attached hydrogens (tertiary/aromatic N) is 1. The Balaban J connectivity index is 2.30. The van der Waals surface area contributed by atoms with Crippen LogP contribution in [-0.4, -0.2) is 13.0 Å². The van der Waals surface area contributed by atoms with Gasteiger partial charge >= 0.3 is 0 Å². The lowest BCUT2D eigenvalue weighted by atomic mass is 10.1. The molecular formula is C15H15BrN2O. The Morgan fingerprint density at radius 1 is 1.16 bits per heavy atom. The highest BCUT2D eigenvalue weighted by Gasteiger charge is 2.14. The van der Waals surface area contributed by atoms with Gasteiger partial charge in [0.05, 0.1) is 0 Å². The zero-order chi connectivity index (χ0) is 14.0. The van der Waals surface area contributed by atoms with E-state index in [1.54, 1.807) is 24.1 Å². The number of nitrogen functional groups attached to an aromatic ring is 1. The second kappa shape index (κ2) is 5.45. The minimum absolute atomic E-state index is 0.0471. The van der Waals surface area contributed by atoms with Gasteiger partial charge < -0.3 is 10.6 Å². The Morgan fingerprint density at radius 2 is 1.79 bits per heavy atom. The Morgan fingerprint density at radius 3 is 2.37 bits per heavy atom. The first-order valence-corrected chi connectivity index (χ1v) is 6.67. The van der Waals surface area contributed by atoms with Crippen LogP contribution in [-0.2, 0) is 0 Å². The molecule has 0 fully saturated rings. The minimum atomic E-state index is -0.0471. The molecule has 19 heavy (non-hydrogen) atoms. The Kier molecular flexibility index (Phi) is 3.90. The zero-order valence-electron chi connectivity index (χ0n) is 10.9. The minimum Gasteiger partial charge on any atom is -0.399 e. The highest BCUT2D eigenvalue weighted by Crippen LogP contribution is 2.20. The number of carbonyl (C=O) groups is 1. The van der Waals surface area contributed by atoms with Gasteiger partial charge in [0.2, 0.25) is 0 Å². The molecule has 3 nitrogen and oxygen atoms in total. The molecule has 2 aromatic rings. The van der Waals surface area contributed by atoms with Crippen LogP contribution >= 0.6 is 15.9 Å². The predicted octanol–water partition coefficient (Wildman–Crippen LogP) is 3.62. The van der Waals surface area contributed by atoms with Gasteiger partial charge in [0.1, 0.15) is 0 Å². The van der Waals surface area contributed by atoms with Crippen molar-refractivity contribution in [2.45, 2.75) is 6.92 Å². The third-order valence-electron chi connectivity index (χ3n) is 2.87. The summed E-state index contributed by atoms with van der Waals surface area (Å²) in [4.78, 5) is 14.0. The number of halogens is 1. The maximum atomic E-state index is 12.4. The Hall–Kier alpha value is -1.81. The predicted molar refractivity (Wildman–Crippen MR) is 82.5 cm³/mol. The van der Waals surface area contributed by atoms with Gasteiger partial charge in [-0.3, -0.25) is 4.79 Å². The monoisotopic (exact) mass is 318 g/mol. The van der Waals surface area contributed by atoms with Gasteiger partial charge in [0.25, 0.3) is 5.91 Å². The molecule has 2 aromatic carbocycles. The molecule has 0 atom stereocenters. The second-order valence-electron chi connectivity index (χ2n) is 4.47. The molecule has 0 aromatic heterocycles.